The molecule has 0 spiro atoms. The number of hydrogen-bond acceptors (Lipinski definition) is 5. The number of benzene rings is 2. The number of ketones is 1. The normalized spacial score (nSPS) is 21.8. The van der Waals surface area contributed by atoms with Gasteiger partial charge in [-0.25, -0.2) is 4.98 Å². The van der Waals surface area contributed by atoms with Gasteiger partial charge in [0.15, 0.2) is 5.78 Å². The lowest BCUT2D eigenvalue weighted by Gasteiger charge is -2.19. The number of pyridine rings is 1. The number of carbonyl (C=O) groups is 2. The predicted octanol–water partition coefficient (Wildman–Crippen LogP) is 5.52. The van der Waals surface area contributed by atoms with E-state index in [1.807, 2.05) is 6.07 Å². The maximum absolute atomic E-state index is 13.3. The van der Waals surface area contributed by atoms with Crippen LogP contribution in [-0.4, -0.2) is 22.8 Å². The Morgan fingerprint density at radius 2 is 1.97 bits per heavy atom. The van der Waals surface area contributed by atoms with Crippen LogP contribution in [0.1, 0.15) is 45.8 Å². The monoisotopic (exact) mass is 480 g/mol. The molecule has 6 rings (SSSR count). The van der Waals surface area contributed by atoms with Gasteiger partial charge in [0.1, 0.15) is 29.2 Å². The van der Waals surface area contributed by atoms with Crippen LogP contribution in [0.25, 0.3) is 0 Å². The Balaban J connectivity index is 1.20. The highest BCUT2D eigenvalue weighted by Crippen LogP contribution is 2.60. The lowest BCUT2D eigenvalue weighted by atomic mass is 9.98. The van der Waals surface area contributed by atoms with Crippen LogP contribution in [0.5, 0.6) is 17.2 Å². The standard InChI is InChI=1S/C26H19F3N2O4/c27-26(28,29)18-4-2-1-3-14(18)19(32)12-17-23-16-11-13(5-7-20(16)35-24(17)23)34-21-9-10-30-25-15(21)6-8-22(33)31-25/h1-5,7,9-11,17,23-24H,6,8,12H2,(H,30,31,33)/t17-,23-,24+/m0/s1. The van der Waals surface area contributed by atoms with Crippen LogP contribution in [0.4, 0.5) is 19.0 Å². The van der Waals surface area contributed by atoms with E-state index in [2.05, 4.69) is 10.3 Å². The number of Topliss-reactive ketones (excluding diaryl/α,β-unsaturated/α-hetero) is 1. The number of anilines is 1. The zero-order valence-corrected chi connectivity index (χ0v) is 18.3. The molecule has 9 heteroatoms. The van der Waals surface area contributed by atoms with Gasteiger partial charge in [0.2, 0.25) is 5.91 Å². The highest BCUT2D eigenvalue weighted by atomic mass is 19.4. The molecular formula is C26H19F3N2O4. The molecule has 1 N–H and O–H groups in total. The maximum atomic E-state index is 13.3. The Hall–Kier alpha value is -3.88. The Morgan fingerprint density at radius 1 is 1.14 bits per heavy atom. The molecule has 3 heterocycles. The van der Waals surface area contributed by atoms with Crippen molar-refractivity contribution in [1.29, 1.82) is 0 Å². The van der Waals surface area contributed by atoms with E-state index < -0.39 is 17.5 Å². The van der Waals surface area contributed by atoms with Gasteiger partial charge in [-0.2, -0.15) is 13.2 Å². The molecule has 3 aromatic rings. The molecule has 0 unspecified atom stereocenters. The molecule has 1 amide bonds. The Morgan fingerprint density at radius 3 is 2.80 bits per heavy atom. The highest BCUT2D eigenvalue weighted by molar-refractivity contribution is 5.98. The lowest BCUT2D eigenvalue weighted by molar-refractivity contribution is -0.137. The molecule has 1 aliphatic carbocycles. The molecule has 0 radical (unpaired) electrons. The van der Waals surface area contributed by atoms with E-state index in [0.717, 1.165) is 17.2 Å². The van der Waals surface area contributed by atoms with Crippen molar-refractivity contribution in [2.75, 3.05) is 5.32 Å². The topological polar surface area (TPSA) is 77.5 Å². The average molecular weight is 480 g/mol. The summed E-state index contributed by atoms with van der Waals surface area (Å²) in [6, 6.07) is 12.0. The number of ether oxygens (including phenoxy) is 2. The van der Waals surface area contributed by atoms with E-state index in [4.69, 9.17) is 9.47 Å². The van der Waals surface area contributed by atoms with Gasteiger partial charge in [0, 0.05) is 47.6 Å². The van der Waals surface area contributed by atoms with Crippen molar-refractivity contribution in [2.45, 2.75) is 37.5 Å². The number of amides is 1. The molecule has 178 valence electrons. The summed E-state index contributed by atoms with van der Waals surface area (Å²) in [6.07, 6.45) is -2.41. The van der Waals surface area contributed by atoms with Gasteiger partial charge in [0.05, 0.1) is 5.56 Å². The number of nitrogens with zero attached hydrogens (tertiary/aromatic N) is 1. The number of hydrogen-bond donors (Lipinski definition) is 1. The Bertz CT molecular complexity index is 1370. The van der Waals surface area contributed by atoms with Crippen molar-refractivity contribution >= 4 is 17.5 Å². The molecule has 1 aromatic heterocycles. The van der Waals surface area contributed by atoms with E-state index in [-0.39, 0.29) is 35.8 Å². The first-order valence-corrected chi connectivity index (χ1v) is 11.3. The quantitative estimate of drug-likeness (QED) is 0.487. The smallest absolute Gasteiger partial charge is 0.417 e. The summed E-state index contributed by atoms with van der Waals surface area (Å²) in [5.41, 5.74) is 0.479. The first-order chi connectivity index (χ1) is 16.8. The summed E-state index contributed by atoms with van der Waals surface area (Å²) in [4.78, 5) is 28.6. The van der Waals surface area contributed by atoms with Crippen LogP contribution >= 0.6 is 0 Å². The minimum absolute atomic E-state index is 0.0233. The number of nitrogens with one attached hydrogen (secondary N) is 1. The molecule has 2 aliphatic heterocycles. The third-order valence-electron chi connectivity index (χ3n) is 6.75. The fraction of sp³-hybridized carbons (Fsp3) is 0.269. The van der Waals surface area contributed by atoms with E-state index >= 15 is 0 Å². The molecule has 0 bridgehead atoms. The fourth-order valence-corrected chi connectivity index (χ4v) is 5.04. The first-order valence-electron chi connectivity index (χ1n) is 11.3. The second kappa shape index (κ2) is 7.83. The van der Waals surface area contributed by atoms with E-state index in [1.54, 1.807) is 24.4 Å². The van der Waals surface area contributed by atoms with Crippen molar-refractivity contribution in [3.8, 4) is 17.2 Å². The van der Waals surface area contributed by atoms with E-state index in [9.17, 15) is 22.8 Å². The number of rotatable bonds is 5. The van der Waals surface area contributed by atoms with Crippen LogP contribution in [-0.2, 0) is 17.4 Å². The summed E-state index contributed by atoms with van der Waals surface area (Å²) in [5.74, 6) is 1.46. The average Bonchev–Trinajstić information content (AvgIpc) is 3.35. The maximum Gasteiger partial charge on any atom is 0.417 e. The summed E-state index contributed by atoms with van der Waals surface area (Å²) in [6.45, 7) is 0. The van der Waals surface area contributed by atoms with Crippen LogP contribution < -0.4 is 14.8 Å². The van der Waals surface area contributed by atoms with Gasteiger partial charge >= 0.3 is 6.18 Å². The molecule has 6 nitrogen and oxygen atoms in total. The molecule has 3 aliphatic rings. The Labute approximate surface area is 198 Å². The summed E-state index contributed by atoms with van der Waals surface area (Å²) >= 11 is 0. The first kappa shape index (κ1) is 21.6. The van der Waals surface area contributed by atoms with Gasteiger partial charge in [-0.1, -0.05) is 18.2 Å². The van der Waals surface area contributed by atoms with Crippen molar-refractivity contribution in [1.82, 2.24) is 4.98 Å². The number of halogens is 3. The molecule has 1 fully saturated rings. The van der Waals surface area contributed by atoms with Crippen molar-refractivity contribution in [3.63, 3.8) is 0 Å². The molecular weight excluding hydrogens is 461 g/mol. The molecule has 0 saturated heterocycles. The minimum atomic E-state index is -4.59. The fourth-order valence-electron chi connectivity index (χ4n) is 5.04. The largest absolute Gasteiger partial charge is 0.489 e. The van der Waals surface area contributed by atoms with Gasteiger partial charge in [-0.05, 0) is 36.8 Å². The SMILES string of the molecule is O=C1CCc2c(Oc3ccc4c(c3)[C@H]3[C@H](CC(=O)c5ccccc5C(F)(F)F)[C@H]3O4)ccnc2N1. The van der Waals surface area contributed by atoms with E-state index in [0.29, 0.717) is 35.9 Å². The second-order valence-corrected chi connectivity index (χ2v) is 8.93. The summed E-state index contributed by atoms with van der Waals surface area (Å²) < 4.78 is 52.0. The van der Waals surface area contributed by atoms with E-state index in [1.165, 1.54) is 18.2 Å². The zero-order chi connectivity index (χ0) is 24.3. The van der Waals surface area contributed by atoms with Crippen molar-refractivity contribution < 1.29 is 32.2 Å². The third-order valence-corrected chi connectivity index (χ3v) is 6.75. The molecule has 2 aromatic carbocycles. The number of alkyl halides is 3. The molecule has 1 saturated carbocycles. The Kier molecular flexibility index (Phi) is 4.84. The summed E-state index contributed by atoms with van der Waals surface area (Å²) in [7, 11) is 0. The lowest BCUT2D eigenvalue weighted by Crippen LogP contribution is -2.20. The third kappa shape index (κ3) is 3.80. The number of aromatic nitrogens is 1. The second-order valence-electron chi connectivity index (χ2n) is 8.93. The summed E-state index contributed by atoms with van der Waals surface area (Å²) in [5, 5.41) is 2.74. The number of carbonyl (C=O) groups excluding carboxylic acids is 2. The van der Waals surface area contributed by atoms with Gasteiger partial charge in [-0.15, -0.1) is 0 Å². The van der Waals surface area contributed by atoms with Gasteiger partial charge in [-0.3, -0.25) is 9.59 Å². The zero-order valence-electron chi connectivity index (χ0n) is 18.3. The molecule has 3 atom stereocenters. The molecule has 35 heavy (non-hydrogen) atoms. The van der Waals surface area contributed by atoms with Crippen LogP contribution in [0.3, 0.4) is 0 Å². The van der Waals surface area contributed by atoms with Gasteiger partial charge < -0.3 is 14.8 Å². The van der Waals surface area contributed by atoms with Crippen molar-refractivity contribution in [2.24, 2.45) is 5.92 Å². The highest BCUT2D eigenvalue weighted by Gasteiger charge is 2.59. The number of fused-ring (bicyclic) bond motifs is 4. The minimum Gasteiger partial charge on any atom is -0.489 e. The van der Waals surface area contributed by atoms with Gasteiger partial charge in [0.25, 0.3) is 0 Å². The predicted molar refractivity (Wildman–Crippen MR) is 119 cm³/mol. The van der Waals surface area contributed by atoms with Crippen LogP contribution in [0.2, 0.25) is 0 Å². The van der Waals surface area contributed by atoms with Crippen LogP contribution in [0.15, 0.2) is 54.7 Å². The van der Waals surface area contributed by atoms with Crippen LogP contribution in [0, 0.1) is 5.92 Å². The van der Waals surface area contributed by atoms with Crippen molar-refractivity contribution in [3.05, 3.63) is 77.0 Å².